The molecule has 0 aromatic heterocycles. The van der Waals surface area contributed by atoms with Crippen LogP contribution in [0.1, 0.15) is 28.9 Å². The minimum atomic E-state index is -0.207. The molecule has 6 nitrogen and oxygen atoms in total. The number of hydrogen-bond donors (Lipinski definition) is 3. The molecule has 6 heteroatoms. The third kappa shape index (κ3) is 5.39. The highest BCUT2D eigenvalue weighted by molar-refractivity contribution is 6.04. The summed E-state index contributed by atoms with van der Waals surface area (Å²) in [7, 11) is 0. The van der Waals surface area contributed by atoms with E-state index in [-0.39, 0.29) is 17.9 Å². The number of benzene rings is 2. The van der Waals surface area contributed by atoms with E-state index in [9.17, 15) is 9.59 Å². The summed E-state index contributed by atoms with van der Waals surface area (Å²) in [5.74, 6) is -0.302. The molecule has 0 radical (unpaired) electrons. The van der Waals surface area contributed by atoms with Gasteiger partial charge in [0.05, 0.1) is 30.5 Å². The fraction of sp³-hybridized carbons (Fsp3) is 0.333. The smallest absolute Gasteiger partial charge is 0.279 e. The lowest BCUT2D eigenvalue weighted by atomic mass is 10.1. The fourth-order valence-corrected chi connectivity index (χ4v) is 3.15. The standard InChI is InChI=1S/C21H25N3O3/c1-16(17-7-3-2-4-8-17)22-21(26)18-9-5-6-10-19(18)23-20(25)15-24-11-13-27-14-12-24/h2-10,16H,11-15H2,1H3,(H,22,26)(H,23,25)/p+1/t16-/m0/s1. The van der Waals surface area contributed by atoms with Gasteiger partial charge in [0.1, 0.15) is 13.1 Å². The molecule has 3 N–H and O–H groups in total. The molecule has 1 atom stereocenters. The first kappa shape index (κ1) is 19.1. The first-order valence-electron chi connectivity index (χ1n) is 9.29. The summed E-state index contributed by atoms with van der Waals surface area (Å²) >= 11 is 0. The Morgan fingerprint density at radius 2 is 1.70 bits per heavy atom. The van der Waals surface area contributed by atoms with Crippen molar-refractivity contribution < 1.29 is 19.2 Å². The minimum Gasteiger partial charge on any atom is -0.370 e. The number of rotatable bonds is 6. The molecule has 1 fully saturated rings. The van der Waals surface area contributed by atoms with Gasteiger partial charge in [-0.25, -0.2) is 0 Å². The summed E-state index contributed by atoms with van der Waals surface area (Å²) < 4.78 is 5.32. The monoisotopic (exact) mass is 368 g/mol. The van der Waals surface area contributed by atoms with Crippen molar-refractivity contribution >= 4 is 17.5 Å². The molecule has 2 aromatic rings. The summed E-state index contributed by atoms with van der Waals surface area (Å²) in [4.78, 5) is 26.3. The number of anilines is 1. The van der Waals surface area contributed by atoms with Gasteiger partial charge in [-0.05, 0) is 24.6 Å². The normalized spacial score (nSPS) is 15.7. The largest absolute Gasteiger partial charge is 0.370 e. The Hall–Kier alpha value is -2.70. The topological polar surface area (TPSA) is 71.9 Å². The molecule has 0 saturated carbocycles. The van der Waals surface area contributed by atoms with Crippen LogP contribution in [0.5, 0.6) is 0 Å². The van der Waals surface area contributed by atoms with Crippen LogP contribution in [0.15, 0.2) is 54.6 Å². The van der Waals surface area contributed by atoms with Gasteiger partial charge >= 0.3 is 0 Å². The van der Waals surface area contributed by atoms with Crippen LogP contribution in [0.4, 0.5) is 5.69 Å². The van der Waals surface area contributed by atoms with Gasteiger partial charge in [0.15, 0.2) is 6.54 Å². The highest BCUT2D eigenvalue weighted by Crippen LogP contribution is 2.17. The van der Waals surface area contributed by atoms with Crippen molar-refractivity contribution in [3.8, 4) is 0 Å². The molecular formula is C21H26N3O3+. The molecule has 2 amide bonds. The molecular weight excluding hydrogens is 342 g/mol. The molecule has 0 bridgehead atoms. The summed E-state index contributed by atoms with van der Waals surface area (Å²) in [5, 5.41) is 5.89. The van der Waals surface area contributed by atoms with Crippen LogP contribution >= 0.6 is 0 Å². The highest BCUT2D eigenvalue weighted by Gasteiger charge is 2.20. The number of morpholine rings is 1. The van der Waals surface area contributed by atoms with E-state index in [0.29, 0.717) is 31.0 Å². The Balaban J connectivity index is 1.64. The van der Waals surface area contributed by atoms with Gasteiger partial charge in [-0.2, -0.15) is 0 Å². The van der Waals surface area contributed by atoms with Crippen molar-refractivity contribution in [1.82, 2.24) is 5.32 Å². The first-order chi connectivity index (χ1) is 13.1. The van der Waals surface area contributed by atoms with E-state index in [4.69, 9.17) is 4.74 Å². The van der Waals surface area contributed by atoms with Gasteiger partial charge in [0, 0.05) is 0 Å². The van der Waals surface area contributed by atoms with Crippen LogP contribution in [0.25, 0.3) is 0 Å². The first-order valence-corrected chi connectivity index (χ1v) is 9.29. The molecule has 3 rings (SSSR count). The van der Waals surface area contributed by atoms with E-state index in [2.05, 4.69) is 10.6 Å². The molecule has 1 aliphatic heterocycles. The Kier molecular flexibility index (Phi) is 6.57. The number of quaternary nitrogens is 1. The highest BCUT2D eigenvalue weighted by atomic mass is 16.5. The van der Waals surface area contributed by atoms with Gasteiger partial charge in [0.25, 0.3) is 11.8 Å². The fourth-order valence-electron chi connectivity index (χ4n) is 3.15. The summed E-state index contributed by atoms with van der Waals surface area (Å²) in [6.45, 7) is 5.32. The Bertz CT molecular complexity index is 773. The zero-order valence-corrected chi connectivity index (χ0v) is 15.5. The van der Waals surface area contributed by atoms with Gasteiger partial charge < -0.3 is 20.3 Å². The average molecular weight is 368 g/mol. The van der Waals surface area contributed by atoms with E-state index in [1.807, 2.05) is 43.3 Å². The lowest BCUT2D eigenvalue weighted by Crippen LogP contribution is -3.15. The molecule has 27 heavy (non-hydrogen) atoms. The van der Waals surface area contributed by atoms with E-state index in [0.717, 1.165) is 18.7 Å². The van der Waals surface area contributed by atoms with E-state index < -0.39 is 0 Å². The SMILES string of the molecule is C[C@H](NC(=O)c1ccccc1NC(=O)C[NH+]1CCOCC1)c1ccccc1. The maximum atomic E-state index is 12.7. The van der Waals surface area contributed by atoms with Crippen molar-refractivity contribution in [2.24, 2.45) is 0 Å². The number of nitrogens with one attached hydrogen (secondary N) is 3. The molecule has 1 heterocycles. The molecule has 0 unspecified atom stereocenters. The Morgan fingerprint density at radius 1 is 1.04 bits per heavy atom. The summed E-state index contributed by atoms with van der Waals surface area (Å²) in [5.41, 5.74) is 2.03. The van der Waals surface area contributed by atoms with Crippen molar-refractivity contribution in [1.29, 1.82) is 0 Å². The van der Waals surface area contributed by atoms with E-state index in [1.54, 1.807) is 18.2 Å². The van der Waals surface area contributed by atoms with Crippen LogP contribution in [0, 0.1) is 0 Å². The van der Waals surface area contributed by atoms with Crippen LogP contribution in [0.3, 0.4) is 0 Å². The predicted octanol–water partition coefficient (Wildman–Crippen LogP) is 1.03. The maximum absolute atomic E-state index is 12.7. The second-order valence-electron chi connectivity index (χ2n) is 6.74. The van der Waals surface area contributed by atoms with Crippen molar-refractivity contribution in [2.45, 2.75) is 13.0 Å². The number of carbonyl (C=O) groups is 2. The van der Waals surface area contributed by atoms with Crippen LogP contribution in [0.2, 0.25) is 0 Å². The zero-order valence-electron chi connectivity index (χ0n) is 15.5. The van der Waals surface area contributed by atoms with Crippen LogP contribution in [-0.2, 0) is 9.53 Å². The minimum absolute atomic E-state index is 0.0942. The molecule has 142 valence electrons. The van der Waals surface area contributed by atoms with Gasteiger partial charge in [-0.3, -0.25) is 9.59 Å². The maximum Gasteiger partial charge on any atom is 0.279 e. The third-order valence-electron chi connectivity index (χ3n) is 4.70. The zero-order chi connectivity index (χ0) is 19.1. The molecule has 0 spiro atoms. The lowest BCUT2D eigenvalue weighted by molar-refractivity contribution is -0.899. The molecule has 0 aliphatic carbocycles. The number of para-hydroxylation sites is 1. The van der Waals surface area contributed by atoms with Crippen molar-refractivity contribution in [2.75, 3.05) is 38.2 Å². The lowest BCUT2D eigenvalue weighted by Gasteiger charge is -2.23. The second-order valence-corrected chi connectivity index (χ2v) is 6.74. The molecule has 1 aliphatic rings. The van der Waals surface area contributed by atoms with Crippen molar-refractivity contribution in [3.05, 3.63) is 65.7 Å². The second kappa shape index (κ2) is 9.30. The molecule has 2 aromatic carbocycles. The average Bonchev–Trinajstić information content (AvgIpc) is 2.69. The Labute approximate surface area is 159 Å². The quantitative estimate of drug-likeness (QED) is 0.713. The van der Waals surface area contributed by atoms with Gasteiger partial charge in [-0.1, -0.05) is 42.5 Å². The summed E-state index contributed by atoms with van der Waals surface area (Å²) in [6, 6.07) is 16.8. The van der Waals surface area contributed by atoms with Crippen molar-refractivity contribution in [3.63, 3.8) is 0 Å². The van der Waals surface area contributed by atoms with E-state index >= 15 is 0 Å². The van der Waals surface area contributed by atoms with Gasteiger partial charge in [0.2, 0.25) is 0 Å². The number of carbonyl (C=O) groups excluding carboxylic acids is 2. The predicted molar refractivity (Wildman–Crippen MR) is 104 cm³/mol. The van der Waals surface area contributed by atoms with E-state index in [1.165, 1.54) is 4.90 Å². The summed E-state index contributed by atoms with van der Waals surface area (Å²) in [6.07, 6.45) is 0. The number of amides is 2. The third-order valence-corrected chi connectivity index (χ3v) is 4.70. The van der Waals surface area contributed by atoms with Crippen LogP contribution in [-0.4, -0.2) is 44.7 Å². The molecule has 1 saturated heterocycles. The Morgan fingerprint density at radius 3 is 2.44 bits per heavy atom. The number of ether oxygens (including phenoxy) is 1. The number of hydrogen-bond acceptors (Lipinski definition) is 3. The van der Waals surface area contributed by atoms with Gasteiger partial charge in [-0.15, -0.1) is 0 Å². The van der Waals surface area contributed by atoms with Crippen LogP contribution < -0.4 is 15.5 Å².